The molecule has 0 aliphatic carbocycles. The Morgan fingerprint density at radius 3 is 3.05 bits per heavy atom. The Morgan fingerprint density at radius 2 is 2.33 bits per heavy atom. The van der Waals surface area contributed by atoms with Crippen LogP contribution in [0.3, 0.4) is 0 Å². The topological polar surface area (TPSA) is 68.2 Å². The SMILES string of the molecule is CC(Nc1cc2c(cc1Cl)NC(=O)CO2)c1nccn1C. The molecule has 3 rings (SSSR count). The van der Waals surface area contributed by atoms with Gasteiger partial charge in [0.2, 0.25) is 0 Å². The number of hydrogen-bond acceptors (Lipinski definition) is 4. The number of anilines is 2. The maximum absolute atomic E-state index is 11.3. The van der Waals surface area contributed by atoms with Gasteiger partial charge in [-0.1, -0.05) is 11.6 Å². The maximum Gasteiger partial charge on any atom is 0.262 e. The Labute approximate surface area is 127 Å². The highest BCUT2D eigenvalue weighted by Crippen LogP contribution is 2.37. The van der Waals surface area contributed by atoms with Crippen LogP contribution in [-0.2, 0) is 11.8 Å². The Kier molecular flexibility index (Phi) is 3.47. The molecule has 0 saturated carbocycles. The summed E-state index contributed by atoms with van der Waals surface area (Å²) in [6.07, 6.45) is 3.64. The summed E-state index contributed by atoms with van der Waals surface area (Å²) in [6, 6.07) is 3.46. The Bertz CT molecular complexity index is 698. The molecule has 1 amide bonds. The number of aryl methyl sites for hydroxylation is 1. The zero-order chi connectivity index (χ0) is 15.0. The highest BCUT2D eigenvalue weighted by atomic mass is 35.5. The molecule has 2 heterocycles. The van der Waals surface area contributed by atoms with Gasteiger partial charge in [0.05, 0.1) is 22.4 Å². The molecular weight excluding hydrogens is 292 g/mol. The van der Waals surface area contributed by atoms with Crippen molar-refractivity contribution < 1.29 is 9.53 Å². The number of nitrogens with zero attached hydrogens (tertiary/aromatic N) is 2. The first-order valence-corrected chi connectivity index (χ1v) is 6.92. The van der Waals surface area contributed by atoms with E-state index in [0.29, 0.717) is 16.5 Å². The predicted octanol–water partition coefficient (Wildman–Crippen LogP) is 2.58. The number of fused-ring (bicyclic) bond motifs is 1. The summed E-state index contributed by atoms with van der Waals surface area (Å²) in [5.41, 5.74) is 1.33. The van der Waals surface area contributed by atoms with E-state index in [1.165, 1.54) is 0 Å². The van der Waals surface area contributed by atoms with Crippen LogP contribution in [0.25, 0.3) is 0 Å². The van der Waals surface area contributed by atoms with E-state index in [1.807, 2.05) is 24.7 Å². The summed E-state index contributed by atoms with van der Waals surface area (Å²) in [7, 11) is 1.94. The summed E-state index contributed by atoms with van der Waals surface area (Å²) < 4.78 is 7.34. The van der Waals surface area contributed by atoms with Crippen molar-refractivity contribution in [2.24, 2.45) is 7.05 Å². The fourth-order valence-electron chi connectivity index (χ4n) is 2.30. The van der Waals surface area contributed by atoms with Crippen molar-refractivity contribution in [1.82, 2.24) is 9.55 Å². The van der Waals surface area contributed by atoms with E-state index in [1.54, 1.807) is 18.3 Å². The standard InChI is InChI=1S/C14H15ClN4O2/c1-8(14-16-3-4-19(14)2)17-10-6-12-11(5-9(10)15)18-13(20)7-21-12/h3-6,8,17H,7H2,1-2H3,(H,18,20). The zero-order valence-electron chi connectivity index (χ0n) is 11.7. The molecule has 0 saturated heterocycles. The molecule has 1 unspecified atom stereocenters. The molecule has 2 N–H and O–H groups in total. The van der Waals surface area contributed by atoms with Gasteiger partial charge in [0.15, 0.2) is 6.61 Å². The van der Waals surface area contributed by atoms with Crippen molar-refractivity contribution in [2.75, 3.05) is 17.2 Å². The second-order valence-corrected chi connectivity index (χ2v) is 5.33. The number of carbonyl (C=O) groups is 1. The first-order chi connectivity index (χ1) is 10.0. The van der Waals surface area contributed by atoms with Gasteiger partial charge in [-0.3, -0.25) is 4.79 Å². The van der Waals surface area contributed by atoms with Crippen LogP contribution < -0.4 is 15.4 Å². The molecule has 110 valence electrons. The van der Waals surface area contributed by atoms with Crippen molar-refractivity contribution in [3.05, 3.63) is 35.4 Å². The summed E-state index contributed by atoms with van der Waals surface area (Å²) in [4.78, 5) is 15.6. The fraction of sp³-hybridized carbons (Fsp3) is 0.286. The highest BCUT2D eigenvalue weighted by molar-refractivity contribution is 6.33. The second kappa shape index (κ2) is 5.29. The molecule has 1 atom stereocenters. The first-order valence-electron chi connectivity index (χ1n) is 6.54. The molecule has 0 spiro atoms. The van der Waals surface area contributed by atoms with Crippen LogP contribution in [-0.4, -0.2) is 22.1 Å². The molecular formula is C14H15ClN4O2. The quantitative estimate of drug-likeness (QED) is 0.914. The minimum atomic E-state index is -0.180. The van der Waals surface area contributed by atoms with Crippen LogP contribution in [0.4, 0.5) is 11.4 Å². The van der Waals surface area contributed by atoms with Crippen molar-refractivity contribution in [2.45, 2.75) is 13.0 Å². The van der Waals surface area contributed by atoms with Gasteiger partial charge in [-0.05, 0) is 13.0 Å². The predicted molar refractivity (Wildman–Crippen MR) is 80.8 cm³/mol. The summed E-state index contributed by atoms with van der Waals surface area (Å²) in [6.45, 7) is 2.02. The Hall–Kier alpha value is -2.21. The smallest absolute Gasteiger partial charge is 0.262 e. The van der Waals surface area contributed by atoms with Gasteiger partial charge in [-0.15, -0.1) is 0 Å². The first kappa shape index (κ1) is 13.8. The van der Waals surface area contributed by atoms with E-state index in [4.69, 9.17) is 16.3 Å². The Balaban J connectivity index is 1.86. The molecule has 1 aliphatic rings. The van der Waals surface area contributed by atoms with Gasteiger partial charge < -0.3 is 19.9 Å². The largest absolute Gasteiger partial charge is 0.482 e. The van der Waals surface area contributed by atoms with Crippen molar-refractivity contribution in [3.63, 3.8) is 0 Å². The number of imidazole rings is 1. The van der Waals surface area contributed by atoms with Gasteiger partial charge in [-0.25, -0.2) is 4.98 Å². The van der Waals surface area contributed by atoms with E-state index < -0.39 is 0 Å². The van der Waals surface area contributed by atoms with Gasteiger partial charge >= 0.3 is 0 Å². The molecule has 21 heavy (non-hydrogen) atoms. The summed E-state index contributed by atoms with van der Waals surface area (Å²) >= 11 is 6.26. The number of hydrogen-bond donors (Lipinski definition) is 2. The van der Waals surface area contributed by atoms with Crippen LogP contribution in [0.2, 0.25) is 5.02 Å². The van der Waals surface area contributed by atoms with Gasteiger partial charge in [-0.2, -0.15) is 0 Å². The van der Waals surface area contributed by atoms with Crippen molar-refractivity contribution >= 4 is 28.9 Å². The number of halogens is 1. The molecule has 2 aromatic rings. The van der Waals surface area contributed by atoms with Crippen molar-refractivity contribution in [1.29, 1.82) is 0 Å². The van der Waals surface area contributed by atoms with Gasteiger partial charge in [0, 0.05) is 25.5 Å². The van der Waals surface area contributed by atoms with Crippen LogP contribution in [0.5, 0.6) is 5.75 Å². The van der Waals surface area contributed by atoms with Crippen LogP contribution in [0, 0.1) is 0 Å². The monoisotopic (exact) mass is 306 g/mol. The maximum atomic E-state index is 11.3. The number of carbonyl (C=O) groups excluding carboxylic acids is 1. The van der Waals surface area contributed by atoms with E-state index in [9.17, 15) is 4.79 Å². The minimum Gasteiger partial charge on any atom is -0.482 e. The van der Waals surface area contributed by atoms with Crippen LogP contribution in [0.1, 0.15) is 18.8 Å². The molecule has 1 aromatic carbocycles. The minimum absolute atomic E-state index is 0.0151. The van der Waals surface area contributed by atoms with E-state index >= 15 is 0 Å². The highest BCUT2D eigenvalue weighted by Gasteiger charge is 2.19. The van der Waals surface area contributed by atoms with Crippen molar-refractivity contribution in [3.8, 4) is 5.75 Å². The van der Waals surface area contributed by atoms with E-state index in [-0.39, 0.29) is 18.6 Å². The second-order valence-electron chi connectivity index (χ2n) is 4.93. The van der Waals surface area contributed by atoms with Gasteiger partial charge in [0.25, 0.3) is 5.91 Å². The molecule has 0 bridgehead atoms. The number of ether oxygens (including phenoxy) is 1. The average molecular weight is 307 g/mol. The number of aromatic nitrogens is 2. The van der Waals surface area contributed by atoms with E-state index in [0.717, 1.165) is 11.5 Å². The molecule has 1 aliphatic heterocycles. The number of nitrogens with one attached hydrogen (secondary N) is 2. The van der Waals surface area contributed by atoms with Crippen LogP contribution in [0.15, 0.2) is 24.5 Å². The van der Waals surface area contributed by atoms with Crippen LogP contribution >= 0.6 is 11.6 Å². The third-order valence-corrected chi connectivity index (χ3v) is 3.63. The average Bonchev–Trinajstić information content (AvgIpc) is 2.86. The lowest BCUT2D eigenvalue weighted by atomic mass is 10.2. The third-order valence-electron chi connectivity index (χ3n) is 3.32. The third kappa shape index (κ3) is 2.67. The molecule has 0 fully saturated rings. The Morgan fingerprint density at radius 1 is 1.52 bits per heavy atom. The fourth-order valence-corrected chi connectivity index (χ4v) is 2.52. The zero-order valence-corrected chi connectivity index (χ0v) is 12.4. The van der Waals surface area contributed by atoms with Gasteiger partial charge in [0.1, 0.15) is 11.6 Å². The summed E-state index contributed by atoms with van der Waals surface area (Å²) in [5.74, 6) is 1.33. The normalized spacial score (nSPS) is 14.9. The lowest BCUT2D eigenvalue weighted by Gasteiger charge is -2.21. The molecule has 0 radical (unpaired) electrons. The lowest BCUT2D eigenvalue weighted by Crippen LogP contribution is -2.25. The number of amides is 1. The van der Waals surface area contributed by atoms with E-state index in [2.05, 4.69) is 15.6 Å². The number of benzene rings is 1. The lowest BCUT2D eigenvalue weighted by molar-refractivity contribution is -0.118. The molecule has 6 nitrogen and oxygen atoms in total. The summed E-state index contributed by atoms with van der Waals surface area (Å²) in [5, 5.41) is 6.55. The molecule has 1 aromatic heterocycles. The molecule has 7 heteroatoms. The number of rotatable bonds is 3.